The highest BCUT2D eigenvalue weighted by Gasteiger charge is 2.18. The Morgan fingerprint density at radius 2 is 1.44 bits per heavy atom. The van der Waals surface area contributed by atoms with Gasteiger partial charge in [-0.25, -0.2) is 4.79 Å². The van der Waals surface area contributed by atoms with E-state index in [9.17, 15) is 4.79 Å². The maximum Gasteiger partial charge on any atom is 0.331 e. The third-order valence-electron chi connectivity index (χ3n) is 3.27. The van der Waals surface area contributed by atoms with Gasteiger partial charge in [0.05, 0.1) is 19.8 Å². The highest BCUT2D eigenvalue weighted by Crippen LogP contribution is 2.41. The van der Waals surface area contributed by atoms with E-state index < -0.39 is 11.6 Å². The molecule has 0 saturated heterocycles. The summed E-state index contributed by atoms with van der Waals surface area (Å²) in [7, 11) is 0. The van der Waals surface area contributed by atoms with Crippen molar-refractivity contribution >= 4 is 12.0 Å². The van der Waals surface area contributed by atoms with Crippen molar-refractivity contribution < 1.29 is 23.7 Å². The van der Waals surface area contributed by atoms with Crippen LogP contribution in [0.5, 0.6) is 17.2 Å². The molecule has 0 fully saturated rings. The van der Waals surface area contributed by atoms with Crippen LogP contribution in [0, 0.1) is 0 Å². The molecule has 0 aliphatic carbocycles. The number of benzene rings is 1. The van der Waals surface area contributed by atoms with Crippen molar-refractivity contribution in [2.45, 2.75) is 66.4 Å². The lowest BCUT2D eigenvalue weighted by molar-refractivity contribution is -0.148. The van der Waals surface area contributed by atoms with E-state index in [1.54, 1.807) is 6.08 Å². The minimum absolute atomic E-state index is 0.397. The molecule has 0 bridgehead atoms. The Bertz CT molecular complexity index is 614. The summed E-state index contributed by atoms with van der Waals surface area (Å²) in [6.07, 6.45) is 5.75. The Hall–Kier alpha value is -2.17. The van der Waals surface area contributed by atoms with E-state index in [0.29, 0.717) is 37.1 Å². The van der Waals surface area contributed by atoms with Crippen molar-refractivity contribution in [2.24, 2.45) is 0 Å². The Morgan fingerprint density at radius 3 is 2.00 bits per heavy atom. The zero-order valence-corrected chi connectivity index (χ0v) is 17.6. The third kappa shape index (κ3) is 8.37. The number of hydrogen-bond donors (Lipinski definition) is 0. The van der Waals surface area contributed by atoms with E-state index in [2.05, 4.69) is 6.92 Å². The average Bonchev–Trinajstić information content (AvgIpc) is 2.60. The molecular formula is C22H34O5. The van der Waals surface area contributed by atoms with Crippen LogP contribution in [-0.4, -0.2) is 31.4 Å². The number of esters is 1. The van der Waals surface area contributed by atoms with Crippen molar-refractivity contribution in [3.05, 3.63) is 23.8 Å². The first kappa shape index (κ1) is 22.9. The van der Waals surface area contributed by atoms with Gasteiger partial charge in [-0.3, -0.25) is 0 Å². The number of ether oxygens (including phenoxy) is 4. The second-order valence-electron chi connectivity index (χ2n) is 7.22. The fraction of sp³-hybridized carbons (Fsp3) is 0.591. The maximum absolute atomic E-state index is 12.0. The third-order valence-corrected chi connectivity index (χ3v) is 3.27. The second kappa shape index (κ2) is 11.5. The molecule has 0 saturated carbocycles. The van der Waals surface area contributed by atoms with Gasteiger partial charge in [0.25, 0.3) is 0 Å². The molecule has 1 rings (SSSR count). The highest BCUT2D eigenvalue weighted by atomic mass is 16.6. The molecule has 0 aromatic heterocycles. The average molecular weight is 379 g/mol. The second-order valence-corrected chi connectivity index (χ2v) is 7.22. The minimum atomic E-state index is -0.532. The summed E-state index contributed by atoms with van der Waals surface area (Å²) in [5.41, 5.74) is 0.222. The Morgan fingerprint density at radius 1 is 0.889 bits per heavy atom. The molecule has 152 valence electrons. The van der Waals surface area contributed by atoms with Gasteiger partial charge in [0.2, 0.25) is 5.75 Å². The van der Waals surface area contributed by atoms with Gasteiger partial charge in [0, 0.05) is 11.6 Å². The molecule has 27 heavy (non-hydrogen) atoms. The molecule has 0 N–H and O–H groups in total. The lowest BCUT2D eigenvalue weighted by Crippen LogP contribution is -2.22. The topological polar surface area (TPSA) is 54.0 Å². The molecule has 0 radical (unpaired) electrons. The van der Waals surface area contributed by atoms with E-state index in [1.807, 2.05) is 46.8 Å². The first-order valence-electron chi connectivity index (χ1n) is 9.78. The van der Waals surface area contributed by atoms with Gasteiger partial charge >= 0.3 is 5.97 Å². The SMILES string of the molecule is CCCOc1ccc(C=CC(=O)OC(C)(C)C)c(OCCC)c1OCCC. The van der Waals surface area contributed by atoms with Crippen molar-refractivity contribution in [1.29, 1.82) is 0 Å². The largest absolute Gasteiger partial charge is 0.490 e. The zero-order valence-electron chi connectivity index (χ0n) is 17.6. The molecule has 0 spiro atoms. The van der Waals surface area contributed by atoms with Gasteiger partial charge in [-0.1, -0.05) is 20.8 Å². The zero-order chi connectivity index (χ0) is 20.3. The van der Waals surface area contributed by atoms with E-state index in [4.69, 9.17) is 18.9 Å². The van der Waals surface area contributed by atoms with Crippen molar-refractivity contribution in [1.82, 2.24) is 0 Å². The van der Waals surface area contributed by atoms with Gasteiger partial charge in [0.15, 0.2) is 11.5 Å². The molecule has 0 heterocycles. The van der Waals surface area contributed by atoms with Gasteiger partial charge in [-0.05, 0) is 58.2 Å². The Labute approximate surface area is 163 Å². The highest BCUT2D eigenvalue weighted by molar-refractivity contribution is 5.88. The molecule has 0 atom stereocenters. The summed E-state index contributed by atoms with van der Waals surface area (Å²) in [6, 6.07) is 3.73. The van der Waals surface area contributed by atoms with E-state index in [1.165, 1.54) is 6.08 Å². The summed E-state index contributed by atoms with van der Waals surface area (Å²) < 4.78 is 23.1. The number of carbonyl (C=O) groups is 1. The number of hydrogen-bond acceptors (Lipinski definition) is 5. The first-order chi connectivity index (χ1) is 12.8. The number of rotatable bonds is 11. The molecule has 1 aromatic carbocycles. The molecule has 0 unspecified atom stereocenters. The van der Waals surface area contributed by atoms with Crippen molar-refractivity contribution in [3.8, 4) is 17.2 Å². The van der Waals surface area contributed by atoms with Crippen LogP contribution in [0.4, 0.5) is 0 Å². The van der Waals surface area contributed by atoms with Crippen LogP contribution in [0.3, 0.4) is 0 Å². The fourth-order valence-electron chi connectivity index (χ4n) is 2.20. The molecule has 5 heteroatoms. The van der Waals surface area contributed by atoms with Gasteiger partial charge in [0.1, 0.15) is 5.60 Å². The molecule has 0 amide bonds. The fourth-order valence-corrected chi connectivity index (χ4v) is 2.20. The minimum Gasteiger partial charge on any atom is -0.490 e. The van der Waals surface area contributed by atoms with Gasteiger partial charge in [-0.2, -0.15) is 0 Å². The van der Waals surface area contributed by atoms with Crippen LogP contribution in [0.1, 0.15) is 66.4 Å². The molecule has 0 aliphatic heterocycles. The molecule has 5 nitrogen and oxygen atoms in total. The van der Waals surface area contributed by atoms with Crippen LogP contribution in [0.25, 0.3) is 6.08 Å². The Kier molecular flexibility index (Phi) is 9.76. The van der Waals surface area contributed by atoms with Crippen LogP contribution in [0.2, 0.25) is 0 Å². The van der Waals surface area contributed by atoms with Gasteiger partial charge < -0.3 is 18.9 Å². The van der Waals surface area contributed by atoms with E-state index in [-0.39, 0.29) is 0 Å². The number of carbonyl (C=O) groups excluding carboxylic acids is 1. The monoisotopic (exact) mass is 378 g/mol. The quantitative estimate of drug-likeness (QED) is 0.381. The first-order valence-corrected chi connectivity index (χ1v) is 9.78. The summed E-state index contributed by atoms with van der Waals surface area (Å²) >= 11 is 0. The summed E-state index contributed by atoms with van der Waals surface area (Å²) in [4.78, 5) is 12.0. The lowest BCUT2D eigenvalue weighted by atomic mass is 10.1. The van der Waals surface area contributed by atoms with Crippen LogP contribution in [0.15, 0.2) is 18.2 Å². The standard InChI is InChI=1S/C22H34O5/c1-7-14-24-18-12-10-17(11-13-19(23)27-22(4,5)6)20(25-15-8-2)21(18)26-16-9-3/h10-13H,7-9,14-16H2,1-6H3. The van der Waals surface area contributed by atoms with Crippen LogP contribution >= 0.6 is 0 Å². The maximum atomic E-state index is 12.0. The van der Waals surface area contributed by atoms with E-state index >= 15 is 0 Å². The molecule has 1 aromatic rings. The van der Waals surface area contributed by atoms with Crippen LogP contribution < -0.4 is 14.2 Å². The summed E-state index contributed by atoms with van der Waals surface area (Å²) in [5.74, 6) is 1.45. The molecular weight excluding hydrogens is 344 g/mol. The normalized spacial score (nSPS) is 11.5. The summed E-state index contributed by atoms with van der Waals surface area (Å²) in [6.45, 7) is 13.4. The summed E-state index contributed by atoms with van der Waals surface area (Å²) in [5, 5.41) is 0. The van der Waals surface area contributed by atoms with Crippen molar-refractivity contribution in [2.75, 3.05) is 19.8 Å². The molecule has 0 aliphatic rings. The lowest BCUT2D eigenvalue weighted by Gasteiger charge is -2.19. The smallest absolute Gasteiger partial charge is 0.331 e. The van der Waals surface area contributed by atoms with E-state index in [0.717, 1.165) is 24.8 Å². The Balaban J connectivity index is 3.22. The van der Waals surface area contributed by atoms with Crippen molar-refractivity contribution in [3.63, 3.8) is 0 Å². The van der Waals surface area contributed by atoms with Crippen LogP contribution in [-0.2, 0) is 9.53 Å². The predicted molar refractivity (Wildman–Crippen MR) is 109 cm³/mol. The van der Waals surface area contributed by atoms with Gasteiger partial charge in [-0.15, -0.1) is 0 Å². The predicted octanol–water partition coefficient (Wildman–Crippen LogP) is 5.41.